The Bertz CT molecular complexity index is 338. The van der Waals surface area contributed by atoms with Crippen LogP contribution in [0.25, 0.3) is 0 Å². The Kier molecular flexibility index (Phi) is 2.32. The average Bonchev–Trinajstić information content (AvgIpc) is 2.51. The van der Waals surface area contributed by atoms with E-state index in [1.54, 1.807) is 6.07 Å². The van der Waals surface area contributed by atoms with Gasteiger partial charge < -0.3 is 10.6 Å². The summed E-state index contributed by atoms with van der Waals surface area (Å²) in [6, 6.07) is 4.62. The zero-order chi connectivity index (χ0) is 10.1. The number of rotatable bonds is 1. The van der Waals surface area contributed by atoms with E-state index in [4.69, 9.17) is 5.73 Å². The summed E-state index contributed by atoms with van der Waals surface area (Å²) in [7, 11) is 0. The van der Waals surface area contributed by atoms with Gasteiger partial charge in [0.05, 0.1) is 11.4 Å². The molecule has 14 heavy (non-hydrogen) atoms. The standard InChI is InChI=1S/C11H15FN2/c1-8-4-5-14(7-8)11-3-2-9(12)6-10(11)13/h2-3,6,8H,4-5,7,13H2,1H3. The summed E-state index contributed by atoms with van der Waals surface area (Å²) in [4.78, 5) is 2.22. The second-order valence-electron chi connectivity index (χ2n) is 4.04. The summed E-state index contributed by atoms with van der Waals surface area (Å²) in [5, 5.41) is 0. The number of nitrogens with two attached hydrogens (primary N) is 1. The average molecular weight is 194 g/mol. The number of hydrogen-bond donors (Lipinski definition) is 1. The molecular formula is C11H15FN2. The van der Waals surface area contributed by atoms with E-state index < -0.39 is 0 Å². The topological polar surface area (TPSA) is 29.3 Å². The van der Waals surface area contributed by atoms with E-state index in [0.717, 1.165) is 18.8 Å². The molecule has 0 amide bonds. The molecule has 2 N–H and O–H groups in total. The minimum atomic E-state index is -0.265. The monoisotopic (exact) mass is 194 g/mol. The Hall–Kier alpha value is -1.25. The Labute approximate surface area is 83.5 Å². The highest BCUT2D eigenvalue weighted by Crippen LogP contribution is 2.28. The number of nitrogen functional groups attached to an aromatic ring is 1. The Morgan fingerprint density at radius 3 is 2.86 bits per heavy atom. The van der Waals surface area contributed by atoms with Crippen molar-refractivity contribution in [2.45, 2.75) is 13.3 Å². The van der Waals surface area contributed by atoms with Crippen molar-refractivity contribution < 1.29 is 4.39 Å². The Balaban J connectivity index is 2.24. The first kappa shape index (κ1) is 9.31. The summed E-state index contributed by atoms with van der Waals surface area (Å²) in [5.74, 6) is 0.443. The number of nitrogens with zero attached hydrogens (tertiary/aromatic N) is 1. The highest BCUT2D eigenvalue weighted by molar-refractivity contribution is 5.67. The Morgan fingerprint density at radius 2 is 2.29 bits per heavy atom. The molecule has 1 aliphatic rings. The van der Waals surface area contributed by atoms with Gasteiger partial charge in [-0.2, -0.15) is 0 Å². The molecule has 0 aromatic heterocycles. The second-order valence-corrected chi connectivity index (χ2v) is 4.04. The van der Waals surface area contributed by atoms with Gasteiger partial charge in [0.25, 0.3) is 0 Å². The smallest absolute Gasteiger partial charge is 0.125 e. The highest BCUT2D eigenvalue weighted by atomic mass is 19.1. The molecule has 76 valence electrons. The Morgan fingerprint density at radius 1 is 1.50 bits per heavy atom. The summed E-state index contributed by atoms with van der Waals surface area (Å²) < 4.78 is 12.8. The molecule has 1 fully saturated rings. The van der Waals surface area contributed by atoms with Gasteiger partial charge in [-0.25, -0.2) is 4.39 Å². The van der Waals surface area contributed by atoms with Crippen molar-refractivity contribution in [2.24, 2.45) is 5.92 Å². The van der Waals surface area contributed by atoms with Gasteiger partial charge in [-0.3, -0.25) is 0 Å². The molecule has 1 unspecified atom stereocenters. The number of hydrogen-bond acceptors (Lipinski definition) is 2. The van der Waals surface area contributed by atoms with E-state index in [0.29, 0.717) is 11.6 Å². The van der Waals surface area contributed by atoms with Crippen LogP contribution < -0.4 is 10.6 Å². The van der Waals surface area contributed by atoms with Crippen LogP contribution in [0.2, 0.25) is 0 Å². The summed E-state index contributed by atoms with van der Waals surface area (Å²) in [6.07, 6.45) is 1.19. The van der Waals surface area contributed by atoms with Gasteiger partial charge in [-0.15, -0.1) is 0 Å². The van der Waals surface area contributed by atoms with Crippen LogP contribution in [0.1, 0.15) is 13.3 Å². The lowest BCUT2D eigenvalue weighted by molar-refractivity contribution is 0.628. The van der Waals surface area contributed by atoms with Crippen LogP contribution in [0.3, 0.4) is 0 Å². The molecule has 0 saturated carbocycles. The van der Waals surface area contributed by atoms with Crippen molar-refractivity contribution in [1.29, 1.82) is 0 Å². The highest BCUT2D eigenvalue weighted by Gasteiger charge is 2.20. The van der Waals surface area contributed by atoms with E-state index in [1.807, 2.05) is 0 Å². The molecule has 1 atom stereocenters. The van der Waals surface area contributed by atoms with E-state index >= 15 is 0 Å². The van der Waals surface area contributed by atoms with Crippen molar-refractivity contribution in [3.8, 4) is 0 Å². The van der Waals surface area contributed by atoms with E-state index in [2.05, 4.69) is 11.8 Å². The second kappa shape index (κ2) is 3.48. The molecule has 1 aliphatic heterocycles. The molecule has 2 nitrogen and oxygen atoms in total. The summed E-state index contributed by atoms with van der Waals surface area (Å²) in [6.45, 7) is 4.27. The van der Waals surface area contributed by atoms with Gasteiger partial charge in [0.2, 0.25) is 0 Å². The fourth-order valence-electron chi connectivity index (χ4n) is 1.97. The largest absolute Gasteiger partial charge is 0.397 e. The van der Waals surface area contributed by atoms with Crippen molar-refractivity contribution >= 4 is 11.4 Å². The number of anilines is 2. The third kappa shape index (κ3) is 1.67. The van der Waals surface area contributed by atoms with E-state index in [-0.39, 0.29) is 5.82 Å². The molecule has 3 heteroatoms. The fraction of sp³-hybridized carbons (Fsp3) is 0.455. The molecule has 0 spiro atoms. The van der Waals surface area contributed by atoms with Gasteiger partial charge in [-0.1, -0.05) is 6.92 Å². The molecule has 0 bridgehead atoms. The zero-order valence-electron chi connectivity index (χ0n) is 8.33. The normalized spacial score (nSPS) is 21.6. The first-order valence-electron chi connectivity index (χ1n) is 4.97. The van der Waals surface area contributed by atoms with Gasteiger partial charge >= 0.3 is 0 Å². The van der Waals surface area contributed by atoms with Crippen LogP contribution >= 0.6 is 0 Å². The molecular weight excluding hydrogens is 179 g/mol. The van der Waals surface area contributed by atoms with Crippen LogP contribution in [0, 0.1) is 11.7 Å². The maximum Gasteiger partial charge on any atom is 0.125 e. The van der Waals surface area contributed by atoms with Gasteiger partial charge in [0, 0.05) is 13.1 Å². The van der Waals surface area contributed by atoms with Crippen molar-refractivity contribution in [3.05, 3.63) is 24.0 Å². The van der Waals surface area contributed by atoms with Crippen molar-refractivity contribution in [3.63, 3.8) is 0 Å². The SMILES string of the molecule is CC1CCN(c2ccc(F)cc2N)C1. The third-order valence-corrected chi connectivity index (χ3v) is 2.75. The third-order valence-electron chi connectivity index (χ3n) is 2.75. The minimum absolute atomic E-state index is 0.265. The maximum absolute atomic E-state index is 12.8. The predicted octanol–water partition coefficient (Wildman–Crippen LogP) is 2.25. The lowest BCUT2D eigenvalue weighted by Crippen LogP contribution is -2.20. The summed E-state index contributed by atoms with van der Waals surface area (Å²) in [5.41, 5.74) is 7.27. The molecule has 1 aromatic carbocycles. The van der Waals surface area contributed by atoms with Gasteiger partial charge in [-0.05, 0) is 30.5 Å². The zero-order valence-corrected chi connectivity index (χ0v) is 8.33. The molecule has 1 aromatic rings. The number of halogens is 1. The van der Waals surface area contributed by atoms with Crippen LogP contribution in [0.5, 0.6) is 0 Å². The first-order chi connectivity index (χ1) is 6.66. The number of benzene rings is 1. The molecule has 2 rings (SSSR count). The fourth-order valence-corrected chi connectivity index (χ4v) is 1.97. The summed E-state index contributed by atoms with van der Waals surface area (Å²) >= 11 is 0. The van der Waals surface area contributed by atoms with Crippen LogP contribution in [0.4, 0.5) is 15.8 Å². The van der Waals surface area contributed by atoms with Crippen LogP contribution in [-0.4, -0.2) is 13.1 Å². The molecule has 0 radical (unpaired) electrons. The van der Waals surface area contributed by atoms with Gasteiger partial charge in [0.15, 0.2) is 0 Å². The van der Waals surface area contributed by atoms with Crippen LogP contribution in [-0.2, 0) is 0 Å². The molecule has 1 saturated heterocycles. The molecule has 0 aliphatic carbocycles. The van der Waals surface area contributed by atoms with Crippen molar-refractivity contribution in [2.75, 3.05) is 23.7 Å². The maximum atomic E-state index is 12.8. The van der Waals surface area contributed by atoms with Gasteiger partial charge in [0.1, 0.15) is 5.82 Å². The lowest BCUT2D eigenvalue weighted by atomic mass is 10.2. The van der Waals surface area contributed by atoms with Crippen LogP contribution in [0.15, 0.2) is 18.2 Å². The quantitative estimate of drug-likeness (QED) is 0.695. The first-order valence-corrected chi connectivity index (χ1v) is 4.97. The van der Waals surface area contributed by atoms with E-state index in [9.17, 15) is 4.39 Å². The minimum Gasteiger partial charge on any atom is -0.397 e. The lowest BCUT2D eigenvalue weighted by Gasteiger charge is -2.19. The molecule has 1 heterocycles. The predicted molar refractivity (Wildman–Crippen MR) is 56.8 cm³/mol. The van der Waals surface area contributed by atoms with E-state index in [1.165, 1.54) is 18.6 Å². The van der Waals surface area contributed by atoms with Crippen molar-refractivity contribution in [1.82, 2.24) is 0 Å².